The molecule has 0 spiro atoms. The van der Waals surface area contributed by atoms with Crippen LogP contribution >= 0.6 is 22.7 Å². The van der Waals surface area contributed by atoms with Gasteiger partial charge in [-0.15, -0.1) is 22.7 Å². The molecular weight excluding hydrogens is 394 g/mol. The summed E-state index contributed by atoms with van der Waals surface area (Å²) in [6.07, 6.45) is 4.95. The first-order valence-electron chi connectivity index (χ1n) is 9.32. The molecule has 148 valence electrons. The van der Waals surface area contributed by atoms with Gasteiger partial charge in [-0.25, -0.2) is 4.98 Å². The minimum absolute atomic E-state index is 0.0144. The Labute approximate surface area is 171 Å². The molecule has 0 fully saturated rings. The number of amides is 1. The van der Waals surface area contributed by atoms with Crippen molar-refractivity contribution in [1.29, 1.82) is 0 Å². The van der Waals surface area contributed by atoms with Crippen LogP contribution in [0, 0.1) is 0 Å². The van der Waals surface area contributed by atoms with Gasteiger partial charge in [0.1, 0.15) is 15.5 Å². The van der Waals surface area contributed by atoms with E-state index in [1.165, 1.54) is 10.4 Å². The summed E-state index contributed by atoms with van der Waals surface area (Å²) in [5, 5.41) is 11.6. The van der Waals surface area contributed by atoms with Crippen molar-refractivity contribution >= 4 is 43.8 Å². The maximum atomic E-state index is 12.5. The lowest BCUT2D eigenvalue weighted by Gasteiger charge is -2.13. The fourth-order valence-corrected chi connectivity index (χ4v) is 5.54. The van der Waals surface area contributed by atoms with Crippen molar-refractivity contribution in [3.05, 3.63) is 28.9 Å². The summed E-state index contributed by atoms with van der Waals surface area (Å²) in [4.78, 5) is 22.7. The third-order valence-electron chi connectivity index (χ3n) is 4.60. The second-order valence-electron chi connectivity index (χ2n) is 6.54. The Balaban J connectivity index is 1.57. The van der Waals surface area contributed by atoms with Crippen molar-refractivity contribution in [3.8, 4) is 10.6 Å². The average molecular weight is 418 g/mol. The minimum Gasteiger partial charge on any atom is -0.383 e. The van der Waals surface area contributed by atoms with Crippen molar-refractivity contribution in [3.63, 3.8) is 0 Å². The van der Waals surface area contributed by atoms with Crippen LogP contribution in [0.1, 0.15) is 16.9 Å². The van der Waals surface area contributed by atoms with Gasteiger partial charge in [-0.1, -0.05) is 0 Å². The molecular formula is C19H23N5O2S2. The van der Waals surface area contributed by atoms with Gasteiger partial charge in [0.25, 0.3) is 0 Å². The highest BCUT2D eigenvalue weighted by atomic mass is 32.1. The maximum Gasteiger partial charge on any atom is 0.226 e. The summed E-state index contributed by atoms with van der Waals surface area (Å²) in [7, 11) is 1.67. The fraction of sp³-hybridized carbons (Fsp3) is 0.421. The molecule has 1 aliphatic rings. The van der Waals surface area contributed by atoms with Crippen molar-refractivity contribution in [1.82, 2.24) is 20.6 Å². The van der Waals surface area contributed by atoms with E-state index in [2.05, 4.69) is 20.9 Å². The van der Waals surface area contributed by atoms with E-state index in [4.69, 9.17) is 9.72 Å². The third-order valence-corrected chi connectivity index (χ3v) is 6.80. The number of fused-ring (bicyclic) bond motifs is 2. The Morgan fingerprint density at radius 1 is 1.36 bits per heavy atom. The number of methoxy groups -OCH3 is 1. The number of thiophene rings is 1. The monoisotopic (exact) mass is 417 g/mol. The number of rotatable bonds is 8. The van der Waals surface area contributed by atoms with Crippen LogP contribution in [-0.2, 0) is 22.5 Å². The van der Waals surface area contributed by atoms with E-state index in [-0.39, 0.29) is 5.91 Å². The van der Waals surface area contributed by atoms with E-state index in [1.807, 2.05) is 6.07 Å². The molecule has 28 heavy (non-hydrogen) atoms. The van der Waals surface area contributed by atoms with Crippen molar-refractivity contribution in [2.24, 2.45) is 0 Å². The van der Waals surface area contributed by atoms with Crippen LogP contribution in [-0.4, -0.2) is 49.2 Å². The van der Waals surface area contributed by atoms with E-state index < -0.39 is 0 Å². The number of aromatic nitrogens is 2. The first kappa shape index (κ1) is 19.4. The Bertz CT molecular complexity index is 936. The summed E-state index contributed by atoms with van der Waals surface area (Å²) in [6, 6.07) is 1.99. The molecule has 3 N–H and O–H groups in total. The fourth-order valence-electron chi connectivity index (χ4n) is 3.23. The van der Waals surface area contributed by atoms with Gasteiger partial charge in [-0.2, -0.15) is 0 Å². The molecule has 0 bridgehead atoms. The largest absolute Gasteiger partial charge is 0.383 e. The summed E-state index contributed by atoms with van der Waals surface area (Å²) < 4.78 is 6.11. The molecule has 3 aromatic heterocycles. The highest BCUT2D eigenvalue weighted by molar-refractivity contribution is 7.22. The summed E-state index contributed by atoms with van der Waals surface area (Å²) in [6.45, 7) is 3.80. The first-order valence-corrected chi connectivity index (χ1v) is 10.9. The highest BCUT2D eigenvalue weighted by Gasteiger charge is 2.25. The predicted molar refractivity (Wildman–Crippen MR) is 114 cm³/mol. The van der Waals surface area contributed by atoms with Gasteiger partial charge >= 0.3 is 0 Å². The van der Waals surface area contributed by atoms with Crippen molar-refractivity contribution in [2.45, 2.75) is 19.4 Å². The Morgan fingerprint density at radius 2 is 2.29 bits per heavy atom. The summed E-state index contributed by atoms with van der Waals surface area (Å²) >= 11 is 3.31. The van der Waals surface area contributed by atoms with E-state index in [0.29, 0.717) is 19.6 Å². The molecule has 7 nitrogen and oxygen atoms in total. The second-order valence-corrected chi connectivity index (χ2v) is 8.67. The minimum atomic E-state index is 0.0144. The van der Waals surface area contributed by atoms with Crippen molar-refractivity contribution in [2.75, 3.05) is 38.7 Å². The molecule has 9 heteroatoms. The van der Waals surface area contributed by atoms with Gasteiger partial charge in [0.05, 0.1) is 17.5 Å². The number of anilines is 1. The zero-order chi connectivity index (χ0) is 19.3. The molecule has 1 amide bonds. The zero-order valence-corrected chi connectivity index (χ0v) is 17.3. The SMILES string of the molecule is COCCNCCC(=O)Nc1sc2c(c1-c1nc3cnccc3s1)CCNC2. The normalized spacial score (nSPS) is 13.6. The lowest BCUT2D eigenvalue weighted by atomic mass is 10.0. The van der Waals surface area contributed by atoms with Crippen LogP contribution in [0.2, 0.25) is 0 Å². The van der Waals surface area contributed by atoms with Crippen LogP contribution in [0.3, 0.4) is 0 Å². The summed E-state index contributed by atoms with van der Waals surface area (Å²) in [5.41, 5.74) is 3.30. The van der Waals surface area contributed by atoms with E-state index in [0.717, 1.165) is 51.8 Å². The van der Waals surface area contributed by atoms with Crippen molar-refractivity contribution < 1.29 is 9.53 Å². The molecule has 0 aromatic carbocycles. The number of carbonyl (C=O) groups excluding carboxylic acids is 1. The van der Waals surface area contributed by atoms with Crippen LogP contribution < -0.4 is 16.0 Å². The van der Waals surface area contributed by atoms with Gasteiger partial charge in [0.15, 0.2) is 0 Å². The lowest BCUT2D eigenvalue weighted by molar-refractivity contribution is -0.116. The number of hydrogen-bond donors (Lipinski definition) is 3. The van der Waals surface area contributed by atoms with Gasteiger partial charge in [0, 0.05) is 49.8 Å². The molecule has 1 aliphatic heterocycles. The maximum absolute atomic E-state index is 12.5. The summed E-state index contributed by atoms with van der Waals surface area (Å²) in [5.74, 6) is 0.0144. The molecule has 0 aliphatic carbocycles. The molecule has 0 saturated carbocycles. The van der Waals surface area contributed by atoms with E-state index >= 15 is 0 Å². The lowest BCUT2D eigenvalue weighted by Crippen LogP contribution is -2.24. The third kappa shape index (κ3) is 4.23. The number of pyridine rings is 1. The zero-order valence-electron chi connectivity index (χ0n) is 15.7. The Kier molecular flexibility index (Phi) is 6.28. The number of nitrogens with one attached hydrogen (secondary N) is 3. The molecule has 4 rings (SSSR count). The van der Waals surface area contributed by atoms with Crippen LogP contribution in [0.25, 0.3) is 20.8 Å². The number of hydrogen-bond acceptors (Lipinski definition) is 8. The average Bonchev–Trinajstić information content (AvgIpc) is 3.28. The Morgan fingerprint density at radius 3 is 3.14 bits per heavy atom. The number of nitrogens with zero attached hydrogens (tertiary/aromatic N) is 2. The first-order chi connectivity index (χ1) is 13.8. The number of thiazole rings is 1. The highest BCUT2D eigenvalue weighted by Crippen LogP contribution is 2.44. The van der Waals surface area contributed by atoms with E-state index in [1.54, 1.807) is 42.2 Å². The topological polar surface area (TPSA) is 88.2 Å². The second kappa shape index (κ2) is 9.06. The van der Waals surface area contributed by atoms with Gasteiger partial charge in [0.2, 0.25) is 5.91 Å². The smallest absolute Gasteiger partial charge is 0.226 e. The molecule has 0 unspecified atom stereocenters. The van der Waals surface area contributed by atoms with Gasteiger partial charge in [-0.05, 0) is 24.6 Å². The van der Waals surface area contributed by atoms with E-state index in [9.17, 15) is 4.79 Å². The quantitative estimate of drug-likeness (QED) is 0.489. The van der Waals surface area contributed by atoms with Crippen LogP contribution in [0.4, 0.5) is 5.00 Å². The predicted octanol–water partition coefficient (Wildman–Crippen LogP) is 2.63. The Hall–Kier alpha value is -1.91. The molecule has 0 radical (unpaired) electrons. The van der Waals surface area contributed by atoms with Crippen LogP contribution in [0.15, 0.2) is 18.5 Å². The molecule has 0 atom stereocenters. The van der Waals surface area contributed by atoms with Gasteiger partial charge < -0.3 is 20.7 Å². The standard InChI is InChI=1S/C19H23N5O2S2/c1-26-9-8-20-7-4-16(25)24-19-17(12-2-5-22-11-15(12)28-19)18-23-13-10-21-6-3-14(13)27-18/h3,6,10,20,22H,2,4-5,7-9,11H2,1H3,(H,24,25). The van der Waals surface area contributed by atoms with Gasteiger partial charge in [-0.3, -0.25) is 9.78 Å². The van der Waals surface area contributed by atoms with Crippen LogP contribution in [0.5, 0.6) is 0 Å². The molecule has 4 heterocycles. The number of ether oxygens (including phenoxy) is 1. The molecule has 3 aromatic rings. The number of carbonyl (C=O) groups is 1. The molecule has 0 saturated heterocycles.